The second kappa shape index (κ2) is 7.82. The first-order valence-corrected chi connectivity index (χ1v) is 10.4. The predicted molar refractivity (Wildman–Crippen MR) is 113 cm³/mol. The highest BCUT2D eigenvalue weighted by molar-refractivity contribution is 5.95. The molecule has 30 heavy (non-hydrogen) atoms. The number of aryl methyl sites for hydroxylation is 1. The molecule has 1 N–H and O–H groups in total. The van der Waals surface area contributed by atoms with E-state index >= 15 is 0 Å². The van der Waals surface area contributed by atoms with E-state index in [-0.39, 0.29) is 11.8 Å². The van der Waals surface area contributed by atoms with Crippen LogP contribution in [-0.4, -0.2) is 33.9 Å². The van der Waals surface area contributed by atoms with E-state index in [4.69, 9.17) is 9.47 Å². The standard InChI is InChI=1S/C23H24N4O3/c1-15(17-7-10-19-20(14-17)30-13-12-29-19)23(28)24-18-8-5-16(6-9-18)22-26-25-21-4-2-3-11-27(21)22/h5-10,14-15H,2-4,11-13H2,1H3,(H,24,28). The number of carbonyl (C=O) groups is 1. The van der Waals surface area contributed by atoms with Crippen LogP contribution in [0.1, 0.15) is 37.1 Å². The van der Waals surface area contributed by atoms with E-state index < -0.39 is 0 Å². The van der Waals surface area contributed by atoms with Crippen LogP contribution in [0.4, 0.5) is 5.69 Å². The van der Waals surface area contributed by atoms with E-state index in [1.165, 1.54) is 6.42 Å². The number of ether oxygens (including phenoxy) is 2. The molecule has 0 bridgehead atoms. The van der Waals surface area contributed by atoms with Crippen LogP contribution in [-0.2, 0) is 17.8 Å². The quantitative estimate of drug-likeness (QED) is 0.716. The fourth-order valence-corrected chi connectivity index (χ4v) is 3.96. The van der Waals surface area contributed by atoms with Crippen LogP contribution < -0.4 is 14.8 Å². The van der Waals surface area contributed by atoms with Crippen molar-refractivity contribution in [2.75, 3.05) is 18.5 Å². The third kappa shape index (κ3) is 3.51. The Bertz CT molecular complexity index is 1070. The highest BCUT2D eigenvalue weighted by Gasteiger charge is 2.20. The molecule has 3 heterocycles. The van der Waals surface area contributed by atoms with Gasteiger partial charge in [-0.3, -0.25) is 4.79 Å². The molecule has 0 saturated carbocycles. The number of hydrogen-bond acceptors (Lipinski definition) is 5. The molecule has 0 saturated heterocycles. The van der Waals surface area contributed by atoms with Crippen molar-refractivity contribution in [3.8, 4) is 22.9 Å². The molecule has 2 aliphatic heterocycles. The zero-order valence-corrected chi connectivity index (χ0v) is 16.9. The molecule has 7 nitrogen and oxygen atoms in total. The van der Waals surface area contributed by atoms with Gasteiger partial charge in [0.1, 0.15) is 19.0 Å². The molecule has 1 atom stereocenters. The smallest absolute Gasteiger partial charge is 0.231 e. The molecule has 1 aromatic heterocycles. The number of anilines is 1. The lowest BCUT2D eigenvalue weighted by atomic mass is 9.99. The lowest BCUT2D eigenvalue weighted by Crippen LogP contribution is -2.20. The van der Waals surface area contributed by atoms with Crippen LogP contribution in [0.2, 0.25) is 0 Å². The van der Waals surface area contributed by atoms with E-state index in [9.17, 15) is 4.79 Å². The van der Waals surface area contributed by atoms with Gasteiger partial charge in [0.15, 0.2) is 17.3 Å². The predicted octanol–water partition coefficient (Wildman–Crippen LogP) is 3.79. The van der Waals surface area contributed by atoms with Gasteiger partial charge in [0.2, 0.25) is 5.91 Å². The maximum Gasteiger partial charge on any atom is 0.231 e. The number of hydrogen-bond donors (Lipinski definition) is 1. The zero-order chi connectivity index (χ0) is 20.5. The first kappa shape index (κ1) is 18.7. The third-order valence-electron chi connectivity index (χ3n) is 5.73. The molecule has 0 fully saturated rings. The number of amides is 1. The summed E-state index contributed by atoms with van der Waals surface area (Å²) in [7, 11) is 0. The first-order valence-electron chi connectivity index (χ1n) is 10.4. The molecular weight excluding hydrogens is 380 g/mol. The summed E-state index contributed by atoms with van der Waals surface area (Å²) in [6.07, 6.45) is 3.31. The van der Waals surface area contributed by atoms with Gasteiger partial charge >= 0.3 is 0 Å². The van der Waals surface area contributed by atoms with Crippen molar-refractivity contribution in [2.24, 2.45) is 0 Å². The Morgan fingerprint density at radius 2 is 1.83 bits per heavy atom. The monoisotopic (exact) mass is 404 g/mol. The van der Waals surface area contributed by atoms with Gasteiger partial charge in [-0.25, -0.2) is 0 Å². The summed E-state index contributed by atoms with van der Waals surface area (Å²) < 4.78 is 13.4. The Hall–Kier alpha value is -3.35. The average Bonchev–Trinajstić information content (AvgIpc) is 3.23. The molecule has 3 aromatic rings. The fourth-order valence-electron chi connectivity index (χ4n) is 3.96. The van der Waals surface area contributed by atoms with Crippen molar-refractivity contribution in [3.63, 3.8) is 0 Å². The molecule has 1 amide bonds. The Morgan fingerprint density at radius 1 is 1.03 bits per heavy atom. The van der Waals surface area contributed by atoms with Gasteiger partial charge in [-0.2, -0.15) is 0 Å². The molecule has 0 radical (unpaired) electrons. The minimum atomic E-state index is -0.316. The molecule has 0 aliphatic carbocycles. The van der Waals surface area contributed by atoms with E-state index in [1.54, 1.807) is 0 Å². The normalized spacial score (nSPS) is 15.9. The van der Waals surface area contributed by atoms with Gasteiger partial charge in [-0.1, -0.05) is 6.07 Å². The average molecular weight is 404 g/mol. The number of nitrogens with one attached hydrogen (secondary N) is 1. The van der Waals surface area contributed by atoms with Crippen molar-refractivity contribution in [1.82, 2.24) is 14.8 Å². The minimum absolute atomic E-state index is 0.0701. The van der Waals surface area contributed by atoms with Gasteiger partial charge in [-0.05, 0) is 61.7 Å². The SMILES string of the molecule is CC(C(=O)Nc1ccc(-c2nnc3n2CCCC3)cc1)c1ccc2c(c1)OCCO2. The van der Waals surface area contributed by atoms with Gasteiger partial charge in [-0.15, -0.1) is 10.2 Å². The van der Waals surface area contributed by atoms with E-state index in [1.807, 2.05) is 49.4 Å². The molecule has 154 valence electrons. The number of rotatable bonds is 4. The van der Waals surface area contributed by atoms with Crippen LogP contribution in [0.3, 0.4) is 0 Å². The van der Waals surface area contributed by atoms with Crippen LogP contribution in [0.5, 0.6) is 11.5 Å². The fraction of sp³-hybridized carbons (Fsp3) is 0.348. The number of fused-ring (bicyclic) bond motifs is 2. The molecule has 0 spiro atoms. The molecule has 7 heteroatoms. The van der Waals surface area contributed by atoms with Crippen molar-refractivity contribution in [1.29, 1.82) is 0 Å². The Balaban J connectivity index is 1.29. The van der Waals surface area contributed by atoms with Gasteiger partial charge in [0, 0.05) is 24.2 Å². The molecule has 2 aliphatic rings. The maximum absolute atomic E-state index is 12.8. The topological polar surface area (TPSA) is 78.3 Å². The van der Waals surface area contributed by atoms with Crippen LogP contribution >= 0.6 is 0 Å². The summed E-state index contributed by atoms with van der Waals surface area (Å²) in [4.78, 5) is 12.8. The van der Waals surface area contributed by atoms with Crippen molar-refractivity contribution in [2.45, 2.75) is 38.6 Å². The summed E-state index contributed by atoms with van der Waals surface area (Å²) in [6.45, 7) is 3.93. The van der Waals surface area contributed by atoms with Crippen LogP contribution in [0, 0.1) is 0 Å². The minimum Gasteiger partial charge on any atom is -0.486 e. The van der Waals surface area contributed by atoms with E-state index in [2.05, 4.69) is 20.1 Å². The van der Waals surface area contributed by atoms with E-state index in [0.717, 1.165) is 53.6 Å². The number of benzene rings is 2. The van der Waals surface area contributed by atoms with Crippen LogP contribution in [0.15, 0.2) is 42.5 Å². The Kier molecular flexibility index (Phi) is 4.86. The van der Waals surface area contributed by atoms with Gasteiger partial charge in [0.25, 0.3) is 0 Å². The second-order valence-corrected chi connectivity index (χ2v) is 7.74. The largest absolute Gasteiger partial charge is 0.486 e. The van der Waals surface area contributed by atoms with Crippen LogP contribution in [0.25, 0.3) is 11.4 Å². The summed E-state index contributed by atoms with van der Waals surface area (Å²) >= 11 is 0. The van der Waals surface area contributed by atoms with E-state index in [0.29, 0.717) is 19.0 Å². The highest BCUT2D eigenvalue weighted by atomic mass is 16.6. The maximum atomic E-state index is 12.8. The Labute approximate surface area is 175 Å². The number of aromatic nitrogens is 3. The number of carbonyl (C=O) groups excluding carboxylic acids is 1. The van der Waals surface area contributed by atoms with Crippen molar-refractivity contribution >= 4 is 11.6 Å². The first-order chi connectivity index (χ1) is 14.7. The number of nitrogens with zero attached hydrogens (tertiary/aromatic N) is 3. The van der Waals surface area contributed by atoms with Gasteiger partial charge in [0.05, 0.1) is 5.92 Å². The molecule has 5 rings (SSSR count). The molecule has 1 unspecified atom stereocenters. The highest BCUT2D eigenvalue weighted by Crippen LogP contribution is 2.33. The third-order valence-corrected chi connectivity index (χ3v) is 5.73. The summed E-state index contributed by atoms with van der Waals surface area (Å²) in [5.41, 5.74) is 2.66. The molecular formula is C23H24N4O3. The second-order valence-electron chi connectivity index (χ2n) is 7.74. The summed E-state index contributed by atoms with van der Waals surface area (Å²) in [6, 6.07) is 13.4. The molecule has 2 aromatic carbocycles. The lowest BCUT2D eigenvalue weighted by molar-refractivity contribution is -0.117. The van der Waals surface area contributed by atoms with Crippen molar-refractivity contribution < 1.29 is 14.3 Å². The van der Waals surface area contributed by atoms with Crippen molar-refractivity contribution in [3.05, 3.63) is 53.9 Å². The summed E-state index contributed by atoms with van der Waals surface area (Å²) in [5, 5.41) is 11.7. The zero-order valence-electron chi connectivity index (χ0n) is 16.9. The summed E-state index contributed by atoms with van der Waals surface area (Å²) in [5.74, 6) is 2.99. The van der Waals surface area contributed by atoms with Gasteiger partial charge < -0.3 is 19.4 Å². The lowest BCUT2D eigenvalue weighted by Gasteiger charge is -2.20. The Morgan fingerprint density at radius 3 is 2.67 bits per heavy atom.